The van der Waals surface area contributed by atoms with Crippen molar-refractivity contribution in [2.75, 3.05) is 27.2 Å². The molecule has 0 aromatic heterocycles. The van der Waals surface area contributed by atoms with E-state index in [1.807, 2.05) is 13.8 Å². The van der Waals surface area contributed by atoms with Gasteiger partial charge in [0.15, 0.2) is 0 Å². The van der Waals surface area contributed by atoms with Crippen molar-refractivity contribution in [3.63, 3.8) is 0 Å². The first-order valence-electron chi connectivity index (χ1n) is 5.10. The molecule has 0 aliphatic heterocycles. The number of esters is 1. The first-order chi connectivity index (χ1) is 6.99. The monoisotopic (exact) mass is 216 g/mol. The maximum absolute atomic E-state index is 11.2. The van der Waals surface area contributed by atoms with Crippen LogP contribution in [0.3, 0.4) is 0 Å². The minimum Gasteiger partial charge on any atom is -0.464 e. The van der Waals surface area contributed by atoms with Gasteiger partial charge in [-0.2, -0.15) is 0 Å². The van der Waals surface area contributed by atoms with E-state index in [0.717, 1.165) is 6.42 Å². The molecule has 88 valence electrons. The van der Waals surface area contributed by atoms with E-state index in [1.165, 1.54) is 4.90 Å². The van der Waals surface area contributed by atoms with Crippen molar-refractivity contribution >= 4 is 12.0 Å². The number of rotatable bonds is 5. The van der Waals surface area contributed by atoms with Gasteiger partial charge in [0, 0.05) is 14.1 Å². The van der Waals surface area contributed by atoms with Gasteiger partial charge in [-0.25, -0.2) is 4.79 Å². The van der Waals surface area contributed by atoms with Gasteiger partial charge in [0.2, 0.25) is 0 Å². The van der Waals surface area contributed by atoms with E-state index in [9.17, 15) is 9.59 Å². The second-order valence-corrected chi connectivity index (χ2v) is 3.60. The maximum atomic E-state index is 11.2. The highest BCUT2D eigenvalue weighted by molar-refractivity contribution is 5.73. The Bertz CT molecular complexity index is 217. The molecular weight excluding hydrogens is 196 g/mol. The minimum absolute atomic E-state index is 0.0745. The molecule has 1 atom stereocenters. The number of urea groups is 1. The predicted octanol–water partition coefficient (Wildman–Crippen LogP) is 0.847. The fourth-order valence-corrected chi connectivity index (χ4v) is 0.777. The van der Waals surface area contributed by atoms with Crippen molar-refractivity contribution in [2.24, 2.45) is 5.92 Å². The lowest BCUT2D eigenvalue weighted by Crippen LogP contribution is -2.36. The van der Waals surface area contributed by atoms with Gasteiger partial charge in [-0.3, -0.25) is 4.79 Å². The summed E-state index contributed by atoms with van der Waals surface area (Å²) in [5, 5.41) is 2.60. The molecule has 0 rings (SSSR count). The zero-order valence-corrected chi connectivity index (χ0v) is 9.87. The van der Waals surface area contributed by atoms with Crippen molar-refractivity contribution in [1.29, 1.82) is 0 Å². The molecule has 0 aromatic rings. The molecule has 0 saturated heterocycles. The van der Waals surface area contributed by atoms with Crippen molar-refractivity contribution in [3.8, 4) is 0 Å². The zero-order valence-electron chi connectivity index (χ0n) is 9.87. The number of carbonyl (C=O) groups excluding carboxylic acids is 2. The molecule has 0 saturated carbocycles. The van der Waals surface area contributed by atoms with E-state index in [4.69, 9.17) is 4.74 Å². The summed E-state index contributed by atoms with van der Waals surface area (Å²) in [5.41, 5.74) is 0. The molecule has 1 unspecified atom stereocenters. The van der Waals surface area contributed by atoms with Crippen LogP contribution in [0.15, 0.2) is 0 Å². The Balaban J connectivity index is 3.55. The number of carbonyl (C=O) groups is 2. The number of hydrogen-bond acceptors (Lipinski definition) is 3. The fraction of sp³-hybridized carbons (Fsp3) is 0.800. The van der Waals surface area contributed by atoms with Gasteiger partial charge in [0.25, 0.3) is 0 Å². The van der Waals surface area contributed by atoms with Crippen LogP contribution in [0, 0.1) is 5.92 Å². The summed E-state index contributed by atoms with van der Waals surface area (Å²) in [4.78, 5) is 23.7. The number of nitrogens with zero attached hydrogens (tertiary/aromatic N) is 1. The molecule has 0 bridgehead atoms. The van der Waals surface area contributed by atoms with Gasteiger partial charge in [-0.15, -0.1) is 0 Å². The molecule has 2 amide bonds. The van der Waals surface area contributed by atoms with Crippen LogP contribution in [-0.4, -0.2) is 44.1 Å². The Kier molecular flexibility index (Phi) is 6.49. The first-order valence-corrected chi connectivity index (χ1v) is 5.10. The number of amides is 2. The molecule has 1 N–H and O–H groups in total. The van der Waals surface area contributed by atoms with E-state index >= 15 is 0 Å². The lowest BCUT2D eigenvalue weighted by Gasteiger charge is -2.13. The molecular formula is C10H20N2O3. The Labute approximate surface area is 90.8 Å². The Morgan fingerprint density at radius 1 is 1.40 bits per heavy atom. The van der Waals surface area contributed by atoms with E-state index in [2.05, 4.69) is 5.32 Å². The Hall–Kier alpha value is -1.26. The van der Waals surface area contributed by atoms with Crippen LogP contribution in [-0.2, 0) is 9.53 Å². The zero-order chi connectivity index (χ0) is 11.8. The molecule has 15 heavy (non-hydrogen) atoms. The third-order valence-electron chi connectivity index (χ3n) is 2.04. The van der Waals surface area contributed by atoms with Crippen molar-refractivity contribution in [1.82, 2.24) is 10.2 Å². The highest BCUT2D eigenvalue weighted by Gasteiger charge is 2.11. The quantitative estimate of drug-likeness (QED) is 0.547. The Morgan fingerprint density at radius 3 is 2.47 bits per heavy atom. The summed E-state index contributed by atoms with van der Waals surface area (Å²) in [6.07, 6.45) is 0.767. The topological polar surface area (TPSA) is 58.6 Å². The summed E-state index contributed by atoms with van der Waals surface area (Å²) < 4.78 is 4.95. The second-order valence-electron chi connectivity index (χ2n) is 3.60. The molecule has 0 radical (unpaired) electrons. The lowest BCUT2D eigenvalue weighted by atomic mass is 10.1. The van der Waals surface area contributed by atoms with Crippen LogP contribution in [0.25, 0.3) is 0 Å². The van der Waals surface area contributed by atoms with Gasteiger partial charge >= 0.3 is 12.0 Å². The second kappa shape index (κ2) is 7.09. The molecule has 5 nitrogen and oxygen atoms in total. The average molecular weight is 216 g/mol. The molecule has 0 spiro atoms. The summed E-state index contributed by atoms with van der Waals surface area (Å²) in [6.45, 7) is 4.32. The normalized spacial score (nSPS) is 11.7. The molecule has 0 aliphatic rings. The molecule has 0 heterocycles. The fourth-order valence-electron chi connectivity index (χ4n) is 0.777. The third kappa shape index (κ3) is 5.93. The SMILES string of the molecule is CCC(C)C(=O)OCCNC(=O)N(C)C. The van der Waals surface area contributed by atoms with Gasteiger partial charge in [0.1, 0.15) is 6.61 Å². The maximum Gasteiger partial charge on any atom is 0.316 e. The average Bonchev–Trinajstić information content (AvgIpc) is 2.22. The van der Waals surface area contributed by atoms with Crippen LogP contribution < -0.4 is 5.32 Å². The highest BCUT2D eigenvalue weighted by atomic mass is 16.5. The van der Waals surface area contributed by atoms with Gasteiger partial charge in [-0.05, 0) is 6.42 Å². The van der Waals surface area contributed by atoms with Crippen molar-refractivity contribution in [3.05, 3.63) is 0 Å². The summed E-state index contributed by atoms with van der Waals surface area (Å²) >= 11 is 0. The summed E-state index contributed by atoms with van der Waals surface area (Å²) in [7, 11) is 3.31. The van der Waals surface area contributed by atoms with Crippen LogP contribution in [0.4, 0.5) is 4.79 Å². The van der Waals surface area contributed by atoms with E-state index in [-0.39, 0.29) is 24.5 Å². The van der Waals surface area contributed by atoms with Crippen molar-refractivity contribution < 1.29 is 14.3 Å². The smallest absolute Gasteiger partial charge is 0.316 e. The molecule has 0 aromatic carbocycles. The largest absolute Gasteiger partial charge is 0.464 e. The number of nitrogens with one attached hydrogen (secondary N) is 1. The van der Waals surface area contributed by atoms with Gasteiger partial charge in [-0.1, -0.05) is 13.8 Å². The van der Waals surface area contributed by atoms with E-state index in [1.54, 1.807) is 14.1 Å². The van der Waals surface area contributed by atoms with Crippen LogP contribution in [0.2, 0.25) is 0 Å². The van der Waals surface area contributed by atoms with E-state index in [0.29, 0.717) is 6.54 Å². The van der Waals surface area contributed by atoms with Gasteiger partial charge in [0.05, 0.1) is 12.5 Å². The standard InChI is InChI=1S/C10H20N2O3/c1-5-8(2)9(13)15-7-6-11-10(14)12(3)4/h8H,5-7H2,1-4H3,(H,11,14). The predicted molar refractivity (Wildman–Crippen MR) is 57.5 cm³/mol. The van der Waals surface area contributed by atoms with Crippen LogP contribution >= 0.6 is 0 Å². The Morgan fingerprint density at radius 2 is 2.00 bits per heavy atom. The molecule has 5 heteroatoms. The van der Waals surface area contributed by atoms with Crippen molar-refractivity contribution in [2.45, 2.75) is 20.3 Å². The van der Waals surface area contributed by atoms with E-state index < -0.39 is 0 Å². The third-order valence-corrected chi connectivity index (χ3v) is 2.04. The number of hydrogen-bond donors (Lipinski definition) is 1. The molecule has 0 aliphatic carbocycles. The molecule has 0 fully saturated rings. The summed E-state index contributed by atoms with van der Waals surface area (Å²) in [5.74, 6) is -0.286. The lowest BCUT2D eigenvalue weighted by molar-refractivity contribution is -0.147. The highest BCUT2D eigenvalue weighted by Crippen LogP contribution is 2.02. The van der Waals surface area contributed by atoms with Crippen LogP contribution in [0.1, 0.15) is 20.3 Å². The minimum atomic E-state index is -0.211. The summed E-state index contributed by atoms with van der Waals surface area (Å²) in [6, 6.07) is -0.186. The van der Waals surface area contributed by atoms with Crippen LogP contribution in [0.5, 0.6) is 0 Å². The van der Waals surface area contributed by atoms with Gasteiger partial charge < -0.3 is 15.0 Å². The first kappa shape index (κ1) is 13.7. The number of ether oxygens (including phenoxy) is 1.